The minimum absolute atomic E-state index is 0.351. The van der Waals surface area contributed by atoms with E-state index in [1.807, 2.05) is 41.9 Å². The number of benzene rings is 2. The second-order valence-electron chi connectivity index (χ2n) is 8.24. The Bertz CT molecular complexity index is 1440. The van der Waals surface area contributed by atoms with Gasteiger partial charge in [-0.1, -0.05) is 54.6 Å². The Hall–Kier alpha value is -3.86. The summed E-state index contributed by atoms with van der Waals surface area (Å²) in [6.07, 6.45) is 3.19. The van der Waals surface area contributed by atoms with Crippen LogP contribution >= 0.6 is 0 Å². The molecule has 1 aliphatic rings. The smallest absolute Gasteiger partial charge is 0.165 e. The molecule has 1 aliphatic carbocycles. The van der Waals surface area contributed by atoms with Crippen LogP contribution in [0.25, 0.3) is 39.1 Å². The summed E-state index contributed by atoms with van der Waals surface area (Å²) in [7, 11) is 0. The molecule has 3 aromatic heterocycles. The van der Waals surface area contributed by atoms with Crippen molar-refractivity contribution in [3.8, 4) is 22.4 Å². The number of hydrogen-bond acceptors (Lipinski definition) is 4. The number of fused-ring (bicyclic) bond motifs is 3. The summed E-state index contributed by atoms with van der Waals surface area (Å²) in [5, 5.41) is 5.55. The zero-order valence-electron chi connectivity index (χ0n) is 17.1. The summed E-state index contributed by atoms with van der Waals surface area (Å²) in [6, 6.07) is 22.9. The van der Waals surface area contributed by atoms with Gasteiger partial charge in [-0.05, 0) is 30.0 Å². The molecule has 5 aromatic rings. The SMILES string of the molecule is Cc1cc2ncc3cc(-c4ccccc4)c(-c4ccc(C5CC(=O)C5)cc4)nc3n2n1. The molecule has 0 N–H and O–H groups in total. The molecule has 0 amide bonds. The van der Waals surface area contributed by atoms with Crippen LogP contribution < -0.4 is 0 Å². The van der Waals surface area contributed by atoms with Crippen molar-refractivity contribution >= 4 is 22.5 Å². The number of Topliss-reactive ketones (excluding diaryl/α,β-unsaturated/α-hetero) is 1. The van der Waals surface area contributed by atoms with E-state index >= 15 is 0 Å². The normalized spacial score (nSPS) is 14.3. The zero-order valence-corrected chi connectivity index (χ0v) is 17.1. The minimum atomic E-state index is 0.351. The molecule has 31 heavy (non-hydrogen) atoms. The van der Waals surface area contributed by atoms with E-state index in [0.717, 1.165) is 44.8 Å². The maximum absolute atomic E-state index is 11.4. The molecule has 0 bridgehead atoms. The van der Waals surface area contributed by atoms with Crippen molar-refractivity contribution < 1.29 is 4.79 Å². The zero-order chi connectivity index (χ0) is 20.9. The van der Waals surface area contributed by atoms with Gasteiger partial charge in [0.2, 0.25) is 0 Å². The Morgan fingerprint density at radius 3 is 2.45 bits per heavy atom. The molecule has 0 unspecified atom stereocenters. The van der Waals surface area contributed by atoms with Crippen molar-refractivity contribution in [2.45, 2.75) is 25.7 Å². The van der Waals surface area contributed by atoms with Crippen molar-refractivity contribution in [2.75, 3.05) is 0 Å². The second-order valence-corrected chi connectivity index (χ2v) is 8.24. The first kappa shape index (κ1) is 18.0. The van der Waals surface area contributed by atoms with Crippen LogP contribution in [0.4, 0.5) is 0 Å². The van der Waals surface area contributed by atoms with E-state index in [9.17, 15) is 4.79 Å². The number of nitrogens with zero attached hydrogens (tertiary/aromatic N) is 4. The topological polar surface area (TPSA) is 60.2 Å². The lowest BCUT2D eigenvalue weighted by molar-refractivity contribution is -0.124. The Balaban J connectivity index is 1.56. The molecule has 2 aromatic carbocycles. The molecular weight excluding hydrogens is 384 g/mol. The number of rotatable bonds is 3. The maximum atomic E-state index is 11.4. The molecule has 150 valence electrons. The van der Waals surface area contributed by atoms with E-state index in [0.29, 0.717) is 24.5 Å². The largest absolute Gasteiger partial charge is 0.300 e. The van der Waals surface area contributed by atoms with Gasteiger partial charge in [-0.25, -0.2) is 9.97 Å². The highest BCUT2D eigenvalue weighted by molar-refractivity contribution is 5.91. The summed E-state index contributed by atoms with van der Waals surface area (Å²) in [5.74, 6) is 0.709. The van der Waals surface area contributed by atoms with Crippen LogP contribution in [0, 0.1) is 6.92 Å². The molecule has 0 saturated heterocycles. The number of carbonyl (C=O) groups is 1. The Morgan fingerprint density at radius 1 is 0.935 bits per heavy atom. The second kappa shape index (κ2) is 6.84. The minimum Gasteiger partial charge on any atom is -0.300 e. The Morgan fingerprint density at radius 2 is 1.71 bits per heavy atom. The van der Waals surface area contributed by atoms with Crippen LogP contribution in [0.3, 0.4) is 0 Å². The van der Waals surface area contributed by atoms with E-state index < -0.39 is 0 Å². The summed E-state index contributed by atoms with van der Waals surface area (Å²) in [5.41, 5.74) is 7.85. The fraction of sp³-hybridized carbons (Fsp3) is 0.154. The van der Waals surface area contributed by atoms with Gasteiger partial charge in [0.25, 0.3) is 0 Å². The van der Waals surface area contributed by atoms with Gasteiger partial charge in [-0.3, -0.25) is 4.79 Å². The fourth-order valence-electron chi connectivity index (χ4n) is 4.35. The Kier molecular flexibility index (Phi) is 3.96. The van der Waals surface area contributed by atoms with Gasteiger partial charge in [0.1, 0.15) is 5.78 Å². The standard InChI is InChI=1S/C26H20N4O/c1-16-11-24-27-15-21-14-23(18-5-3-2-4-6-18)25(28-26(21)30(24)29-16)19-9-7-17(8-10-19)20-12-22(31)13-20/h2-11,14-15,20H,12-13H2,1H3. The molecule has 5 nitrogen and oxygen atoms in total. The number of carbonyl (C=O) groups excluding carboxylic acids is 1. The van der Waals surface area contributed by atoms with Gasteiger partial charge in [-0.2, -0.15) is 9.61 Å². The van der Waals surface area contributed by atoms with Crippen LogP contribution in [0.1, 0.15) is 30.0 Å². The maximum Gasteiger partial charge on any atom is 0.165 e. The average molecular weight is 404 g/mol. The van der Waals surface area contributed by atoms with Crippen LogP contribution in [-0.4, -0.2) is 25.4 Å². The van der Waals surface area contributed by atoms with E-state index in [1.54, 1.807) is 0 Å². The molecule has 0 aliphatic heterocycles. The fourth-order valence-corrected chi connectivity index (χ4v) is 4.35. The lowest BCUT2D eigenvalue weighted by Crippen LogP contribution is -2.20. The van der Waals surface area contributed by atoms with Gasteiger partial charge in [-0.15, -0.1) is 0 Å². The highest BCUT2D eigenvalue weighted by Gasteiger charge is 2.27. The monoisotopic (exact) mass is 404 g/mol. The van der Waals surface area contributed by atoms with Crippen LogP contribution in [0.15, 0.2) is 72.9 Å². The van der Waals surface area contributed by atoms with Gasteiger partial charge < -0.3 is 0 Å². The van der Waals surface area contributed by atoms with E-state index in [-0.39, 0.29) is 0 Å². The summed E-state index contributed by atoms with van der Waals surface area (Å²) in [6.45, 7) is 1.96. The molecule has 0 atom stereocenters. The molecule has 1 fully saturated rings. The molecule has 5 heteroatoms. The van der Waals surface area contributed by atoms with E-state index in [4.69, 9.17) is 4.98 Å². The molecule has 0 spiro atoms. The Labute approximate surface area is 179 Å². The third kappa shape index (κ3) is 3.01. The van der Waals surface area contributed by atoms with Gasteiger partial charge in [0.15, 0.2) is 11.3 Å². The molecule has 1 saturated carbocycles. The van der Waals surface area contributed by atoms with Crippen LogP contribution in [0.5, 0.6) is 0 Å². The quantitative estimate of drug-likeness (QED) is 0.406. The van der Waals surface area contributed by atoms with Crippen LogP contribution in [-0.2, 0) is 4.79 Å². The summed E-state index contributed by atoms with van der Waals surface area (Å²) >= 11 is 0. The van der Waals surface area contributed by atoms with Crippen LogP contribution in [0.2, 0.25) is 0 Å². The van der Waals surface area contributed by atoms with Crippen molar-refractivity contribution in [1.29, 1.82) is 0 Å². The predicted octanol–water partition coefficient (Wildman–Crippen LogP) is 5.37. The highest BCUT2D eigenvalue weighted by Crippen LogP contribution is 2.37. The van der Waals surface area contributed by atoms with Crippen molar-refractivity contribution in [3.05, 3.63) is 84.2 Å². The number of hydrogen-bond donors (Lipinski definition) is 0. The highest BCUT2D eigenvalue weighted by atomic mass is 16.1. The third-order valence-corrected chi connectivity index (χ3v) is 6.07. The van der Waals surface area contributed by atoms with E-state index in [1.165, 1.54) is 5.56 Å². The number of aromatic nitrogens is 4. The van der Waals surface area contributed by atoms with Crippen molar-refractivity contribution in [1.82, 2.24) is 19.6 Å². The average Bonchev–Trinajstić information content (AvgIpc) is 3.17. The van der Waals surface area contributed by atoms with E-state index in [2.05, 4.69) is 52.5 Å². The van der Waals surface area contributed by atoms with Gasteiger partial charge in [0, 0.05) is 41.6 Å². The molecule has 3 heterocycles. The summed E-state index contributed by atoms with van der Waals surface area (Å²) < 4.78 is 1.82. The number of aryl methyl sites for hydroxylation is 1. The molecule has 6 rings (SSSR count). The molecular formula is C26H20N4O. The first-order chi connectivity index (χ1) is 15.2. The third-order valence-electron chi connectivity index (χ3n) is 6.07. The van der Waals surface area contributed by atoms with Crippen molar-refractivity contribution in [2.24, 2.45) is 0 Å². The number of ketones is 1. The first-order valence-corrected chi connectivity index (χ1v) is 10.5. The lowest BCUT2D eigenvalue weighted by atomic mass is 9.78. The first-order valence-electron chi connectivity index (χ1n) is 10.5. The van der Waals surface area contributed by atoms with Gasteiger partial charge in [0.05, 0.1) is 11.4 Å². The number of pyridine rings is 1. The molecule has 0 radical (unpaired) electrons. The predicted molar refractivity (Wildman–Crippen MR) is 121 cm³/mol. The lowest BCUT2D eigenvalue weighted by Gasteiger charge is -2.24. The summed E-state index contributed by atoms with van der Waals surface area (Å²) in [4.78, 5) is 21.0. The van der Waals surface area contributed by atoms with Gasteiger partial charge >= 0.3 is 0 Å². The van der Waals surface area contributed by atoms with Crippen molar-refractivity contribution in [3.63, 3.8) is 0 Å².